The topological polar surface area (TPSA) is 25.2 Å². The molecule has 1 aromatic heterocycles. The summed E-state index contributed by atoms with van der Waals surface area (Å²) in [5.41, 5.74) is 2.36. The summed E-state index contributed by atoms with van der Waals surface area (Å²) in [6.07, 6.45) is 6.96. The van der Waals surface area contributed by atoms with Crippen LogP contribution in [-0.2, 0) is 6.42 Å². The molecule has 0 saturated heterocycles. The van der Waals surface area contributed by atoms with Crippen LogP contribution in [0.4, 0.5) is 4.39 Å². The normalized spacial score (nSPS) is 16.5. The van der Waals surface area contributed by atoms with Crippen LogP contribution in [0.3, 0.4) is 0 Å². The fraction of sp³-hybridized carbons (Fsp3) is 0.375. The number of hydrogen-bond donors (Lipinski definition) is 1. The first-order valence-corrected chi connectivity index (χ1v) is 6.81. The molecule has 1 aromatic carbocycles. The Balaban J connectivity index is 1.71. The molecule has 0 aliphatic heterocycles. The molecule has 2 aromatic rings. The summed E-state index contributed by atoms with van der Waals surface area (Å²) in [5.74, 6) is 0.180. The molecule has 1 heterocycles. The summed E-state index contributed by atoms with van der Waals surface area (Å²) < 4.78 is 18.1. The lowest BCUT2D eigenvalue weighted by Gasteiger charge is -2.17. The third-order valence-electron chi connectivity index (χ3n) is 3.63. The van der Waals surface area contributed by atoms with Crippen LogP contribution in [0.5, 0.6) is 0 Å². The number of halogens is 1. The van der Waals surface area contributed by atoms with E-state index in [1.54, 1.807) is 12.5 Å². The van der Waals surface area contributed by atoms with Crippen molar-refractivity contribution < 1.29 is 8.81 Å². The van der Waals surface area contributed by atoms with Gasteiger partial charge in [-0.15, -0.1) is 0 Å². The summed E-state index contributed by atoms with van der Waals surface area (Å²) in [4.78, 5) is 0. The molecule has 0 spiro atoms. The van der Waals surface area contributed by atoms with E-state index >= 15 is 0 Å². The Bertz CT molecular complexity index is 502. The monoisotopic (exact) mass is 259 g/mol. The van der Waals surface area contributed by atoms with Gasteiger partial charge in [0.25, 0.3) is 0 Å². The van der Waals surface area contributed by atoms with E-state index in [0.29, 0.717) is 12.0 Å². The van der Waals surface area contributed by atoms with Gasteiger partial charge in [-0.3, -0.25) is 0 Å². The van der Waals surface area contributed by atoms with Crippen LogP contribution in [0.25, 0.3) is 0 Å². The third-order valence-corrected chi connectivity index (χ3v) is 3.63. The predicted molar refractivity (Wildman–Crippen MR) is 72.6 cm³/mol. The molecule has 1 unspecified atom stereocenters. The average Bonchev–Trinajstić information content (AvgIpc) is 3.11. The molecule has 0 amide bonds. The molecule has 19 heavy (non-hydrogen) atoms. The van der Waals surface area contributed by atoms with E-state index in [1.165, 1.54) is 36.1 Å². The molecule has 1 fully saturated rings. The lowest BCUT2D eigenvalue weighted by molar-refractivity contribution is 0.550. The fourth-order valence-electron chi connectivity index (χ4n) is 2.33. The van der Waals surface area contributed by atoms with Gasteiger partial charge in [-0.1, -0.05) is 12.1 Å². The van der Waals surface area contributed by atoms with Crippen LogP contribution in [-0.4, -0.2) is 12.6 Å². The molecule has 2 nitrogen and oxygen atoms in total. The van der Waals surface area contributed by atoms with E-state index < -0.39 is 0 Å². The summed E-state index contributed by atoms with van der Waals surface area (Å²) in [7, 11) is 0. The molecule has 3 rings (SSSR count). The Morgan fingerprint density at radius 2 is 2.00 bits per heavy atom. The summed E-state index contributed by atoms with van der Waals surface area (Å²) in [6, 6.07) is 9.52. The average molecular weight is 259 g/mol. The zero-order valence-electron chi connectivity index (χ0n) is 10.8. The van der Waals surface area contributed by atoms with Crippen molar-refractivity contribution in [3.05, 3.63) is 59.8 Å². The zero-order valence-corrected chi connectivity index (χ0v) is 10.8. The van der Waals surface area contributed by atoms with Gasteiger partial charge in [0.1, 0.15) is 5.82 Å². The van der Waals surface area contributed by atoms with E-state index in [9.17, 15) is 4.39 Å². The van der Waals surface area contributed by atoms with Crippen LogP contribution in [0.1, 0.15) is 29.9 Å². The molecular weight excluding hydrogens is 241 g/mol. The molecular formula is C16H18FNO. The van der Waals surface area contributed by atoms with Gasteiger partial charge in [-0.2, -0.15) is 0 Å². The van der Waals surface area contributed by atoms with Crippen molar-refractivity contribution in [1.82, 2.24) is 5.32 Å². The second kappa shape index (κ2) is 5.57. The molecule has 1 aliphatic carbocycles. The van der Waals surface area contributed by atoms with E-state index in [1.807, 2.05) is 18.2 Å². The number of hydrogen-bond acceptors (Lipinski definition) is 2. The Labute approximate surface area is 112 Å². The van der Waals surface area contributed by atoms with Gasteiger partial charge >= 0.3 is 0 Å². The smallest absolute Gasteiger partial charge is 0.123 e. The Morgan fingerprint density at radius 3 is 2.63 bits per heavy atom. The maximum absolute atomic E-state index is 13.0. The van der Waals surface area contributed by atoms with Crippen LogP contribution in [0, 0.1) is 5.82 Å². The maximum atomic E-state index is 13.0. The van der Waals surface area contributed by atoms with Crippen molar-refractivity contribution in [3.63, 3.8) is 0 Å². The van der Waals surface area contributed by atoms with E-state index in [4.69, 9.17) is 4.42 Å². The first-order valence-electron chi connectivity index (χ1n) is 6.81. The van der Waals surface area contributed by atoms with Gasteiger partial charge in [0, 0.05) is 18.5 Å². The van der Waals surface area contributed by atoms with Gasteiger partial charge in [-0.05, 0) is 48.6 Å². The van der Waals surface area contributed by atoms with Gasteiger partial charge in [0.2, 0.25) is 0 Å². The molecule has 1 atom stereocenters. The van der Waals surface area contributed by atoms with Gasteiger partial charge in [-0.25, -0.2) is 4.39 Å². The minimum absolute atomic E-state index is 0.180. The van der Waals surface area contributed by atoms with Crippen molar-refractivity contribution >= 4 is 0 Å². The molecule has 100 valence electrons. The first-order chi connectivity index (χ1) is 9.31. The number of furan rings is 1. The highest BCUT2D eigenvalue weighted by Gasteiger charge is 2.22. The Kier molecular flexibility index (Phi) is 3.65. The predicted octanol–water partition coefficient (Wildman–Crippen LogP) is 3.50. The van der Waals surface area contributed by atoms with Crippen LogP contribution < -0.4 is 5.32 Å². The van der Waals surface area contributed by atoms with Crippen LogP contribution >= 0.6 is 0 Å². The van der Waals surface area contributed by atoms with Crippen molar-refractivity contribution in [2.75, 3.05) is 6.54 Å². The summed E-state index contributed by atoms with van der Waals surface area (Å²) in [5, 5.41) is 3.56. The highest BCUT2D eigenvalue weighted by Crippen LogP contribution is 2.24. The third kappa shape index (κ3) is 3.44. The maximum Gasteiger partial charge on any atom is 0.123 e. The fourth-order valence-corrected chi connectivity index (χ4v) is 2.33. The SMILES string of the molecule is Fc1ccc(C(CNC2CC2)Cc2ccoc2)cc1. The van der Waals surface area contributed by atoms with Gasteiger partial charge in [0.15, 0.2) is 0 Å². The number of nitrogens with one attached hydrogen (secondary N) is 1. The zero-order chi connectivity index (χ0) is 13.1. The van der Waals surface area contributed by atoms with E-state index in [0.717, 1.165) is 13.0 Å². The molecule has 3 heteroatoms. The van der Waals surface area contributed by atoms with E-state index in [-0.39, 0.29) is 5.82 Å². The summed E-state index contributed by atoms with van der Waals surface area (Å²) >= 11 is 0. The minimum Gasteiger partial charge on any atom is -0.472 e. The van der Waals surface area contributed by atoms with Crippen molar-refractivity contribution in [2.24, 2.45) is 0 Å². The van der Waals surface area contributed by atoms with Gasteiger partial charge in [0.05, 0.1) is 12.5 Å². The van der Waals surface area contributed by atoms with Crippen molar-refractivity contribution in [3.8, 4) is 0 Å². The Hall–Kier alpha value is -1.61. The van der Waals surface area contributed by atoms with Crippen LogP contribution in [0.15, 0.2) is 47.3 Å². The minimum atomic E-state index is -0.180. The quantitative estimate of drug-likeness (QED) is 0.859. The first kappa shape index (κ1) is 12.4. The van der Waals surface area contributed by atoms with Crippen molar-refractivity contribution in [2.45, 2.75) is 31.2 Å². The number of benzene rings is 1. The van der Waals surface area contributed by atoms with Crippen LogP contribution in [0.2, 0.25) is 0 Å². The number of rotatable bonds is 6. The standard InChI is InChI=1S/C16H18FNO/c17-15-3-1-13(2-4-15)14(10-18-16-5-6-16)9-12-7-8-19-11-12/h1-4,7-8,11,14,16,18H,5-6,9-10H2. The largest absolute Gasteiger partial charge is 0.472 e. The molecule has 1 N–H and O–H groups in total. The molecule has 0 radical (unpaired) electrons. The second-order valence-electron chi connectivity index (χ2n) is 5.27. The van der Waals surface area contributed by atoms with E-state index in [2.05, 4.69) is 5.32 Å². The summed E-state index contributed by atoms with van der Waals surface area (Å²) in [6.45, 7) is 0.932. The van der Waals surface area contributed by atoms with Gasteiger partial charge < -0.3 is 9.73 Å². The van der Waals surface area contributed by atoms with Crippen molar-refractivity contribution in [1.29, 1.82) is 0 Å². The molecule has 1 aliphatic rings. The lowest BCUT2D eigenvalue weighted by atomic mass is 9.93. The highest BCUT2D eigenvalue weighted by molar-refractivity contribution is 5.23. The lowest BCUT2D eigenvalue weighted by Crippen LogP contribution is -2.24. The Morgan fingerprint density at radius 1 is 1.21 bits per heavy atom. The highest BCUT2D eigenvalue weighted by atomic mass is 19.1. The molecule has 0 bridgehead atoms. The molecule has 1 saturated carbocycles. The second-order valence-corrected chi connectivity index (χ2v) is 5.27.